The number of aldehydes is 1. The Kier molecular flexibility index (Phi) is 9.42. The number of methoxy groups -OCH3 is 1. The minimum atomic E-state index is -4.46. The number of hydrogen-bond acceptors (Lipinski definition) is 9. The molecule has 0 bridgehead atoms. The van der Waals surface area contributed by atoms with E-state index in [4.69, 9.17) is 9.47 Å². The zero-order chi connectivity index (χ0) is 26.1. The Hall–Kier alpha value is -3.45. The topological polar surface area (TPSA) is 100 Å². The first-order valence-electron chi connectivity index (χ1n) is 11.3. The molecule has 1 amide bonds. The molecular weight excluding hydrogens is 481 g/mol. The molecule has 10 nitrogen and oxygen atoms in total. The molecule has 0 atom stereocenters. The SMILES string of the molecule is COc1cc(N2CCN(C)CC2)ccc1Nc1ncc(C(F)(F)F)cn1.O=CC(=O)N1CCOCC1. The highest BCUT2D eigenvalue weighted by Crippen LogP contribution is 2.32. The Labute approximate surface area is 207 Å². The number of morpholine rings is 1. The van der Waals surface area contributed by atoms with Crippen LogP contribution in [0.25, 0.3) is 0 Å². The summed E-state index contributed by atoms with van der Waals surface area (Å²) < 4.78 is 48.1. The second kappa shape index (κ2) is 12.5. The fourth-order valence-corrected chi connectivity index (χ4v) is 3.56. The van der Waals surface area contributed by atoms with Crippen molar-refractivity contribution in [3.05, 3.63) is 36.2 Å². The smallest absolute Gasteiger partial charge is 0.419 e. The lowest BCUT2D eigenvalue weighted by Gasteiger charge is -2.34. The van der Waals surface area contributed by atoms with Gasteiger partial charge in [-0.25, -0.2) is 9.97 Å². The Bertz CT molecular complexity index is 1010. The van der Waals surface area contributed by atoms with E-state index < -0.39 is 17.6 Å². The van der Waals surface area contributed by atoms with E-state index in [1.54, 1.807) is 7.11 Å². The number of hydrogen-bond donors (Lipinski definition) is 1. The summed E-state index contributed by atoms with van der Waals surface area (Å²) in [5.41, 5.74) is 0.736. The molecule has 1 N–H and O–H groups in total. The minimum absolute atomic E-state index is 0.0728. The number of amides is 1. The number of anilines is 3. The van der Waals surface area contributed by atoms with E-state index in [1.165, 1.54) is 4.90 Å². The lowest BCUT2D eigenvalue weighted by Crippen LogP contribution is -2.44. The Morgan fingerprint density at radius 2 is 1.72 bits per heavy atom. The normalized spacial score (nSPS) is 16.6. The molecule has 3 heterocycles. The van der Waals surface area contributed by atoms with Crippen molar-refractivity contribution in [2.75, 3.05) is 76.9 Å². The highest BCUT2D eigenvalue weighted by Gasteiger charge is 2.31. The number of halogens is 3. The number of benzene rings is 1. The summed E-state index contributed by atoms with van der Waals surface area (Å²) in [7, 11) is 3.64. The van der Waals surface area contributed by atoms with E-state index >= 15 is 0 Å². The molecule has 0 spiro atoms. The van der Waals surface area contributed by atoms with Crippen LogP contribution in [0.2, 0.25) is 0 Å². The van der Waals surface area contributed by atoms with Gasteiger partial charge in [-0.15, -0.1) is 0 Å². The van der Waals surface area contributed by atoms with Crippen LogP contribution in [0.3, 0.4) is 0 Å². The van der Waals surface area contributed by atoms with Crippen LogP contribution in [-0.4, -0.2) is 98.6 Å². The number of ether oxygens (including phenoxy) is 2. The number of likely N-dealkylation sites (N-methyl/N-ethyl adjacent to an activating group) is 1. The third-order valence-electron chi connectivity index (χ3n) is 5.70. The molecule has 36 heavy (non-hydrogen) atoms. The Balaban J connectivity index is 0.000000303. The fourth-order valence-electron chi connectivity index (χ4n) is 3.56. The summed E-state index contributed by atoms with van der Waals surface area (Å²) >= 11 is 0. The fraction of sp³-hybridized carbons (Fsp3) is 0.478. The summed E-state index contributed by atoms with van der Waals surface area (Å²) in [6.07, 6.45) is -2.62. The highest BCUT2D eigenvalue weighted by molar-refractivity contribution is 6.23. The van der Waals surface area contributed by atoms with E-state index in [0.29, 0.717) is 44.0 Å². The molecule has 0 aliphatic carbocycles. The molecule has 0 saturated carbocycles. The van der Waals surface area contributed by atoms with Gasteiger partial charge in [0.25, 0.3) is 5.91 Å². The molecule has 1 aromatic heterocycles. The third kappa shape index (κ3) is 7.52. The van der Waals surface area contributed by atoms with Crippen molar-refractivity contribution in [2.45, 2.75) is 6.18 Å². The number of carbonyl (C=O) groups excluding carboxylic acids is 2. The molecule has 2 saturated heterocycles. The van der Waals surface area contributed by atoms with Crippen molar-refractivity contribution in [2.24, 2.45) is 0 Å². The van der Waals surface area contributed by atoms with E-state index in [0.717, 1.165) is 44.3 Å². The van der Waals surface area contributed by atoms with Gasteiger partial charge < -0.3 is 29.5 Å². The van der Waals surface area contributed by atoms with Crippen LogP contribution in [0.4, 0.5) is 30.5 Å². The molecule has 4 rings (SSSR count). The van der Waals surface area contributed by atoms with E-state index in [-0.39, 0.29) is 5.95 Å². The van der Waals surface area contributed by atoms with Crippen molar-refractivity contribution in [3.8, 4) is 5.75 Å². The van der Waals surface area contributed by atoms with Gasteiger partial charge in [0.1, 0.15) is 5.75 Å². The van der Waals surface area contributed by atoms with Crippen LogP contribution in [0.5, 0.6) is 5.75 Å². The molecule has 2 aromatic rings. The summed E-state index contributed by atoms with van der Waals surface area (Å²) in [6.45, 7) is 5.99. The second-order valence-corrected chi connectivity index (χ2v) is 8.15. The quantitative estimate of drug-likeness (QED) is 0.479. The molecule has 196 valence electrons. The standard InChI is InChI=1S/C17H20F3N5O.C6H9NO3/c1-24-5-7-25(8-6-24)13-3-4-14(15(9-13)26-2)23-16-21-10-12(11-22-16)17(18,19)20;8-5-6(9)7-1-3-10-4-2-7/h3-4,9-11H,5-8H2,1-2H3,(H,21,22,23);5H,1-4H2. The maximum atomic E-state index is 12.6. The molecular formula is C23H29F3N6O4. The minimum Gasteiger partial charge on any atom is -0.494 e. The molecule has 1 aromatic carbocycles. The largest absolute Gasteiger partial charge is 0.494 e. The molecule has 0 unspecified atom stereocenters. The first-order valence-corrected chi connectivity index (χ1v) is 11.3. The van der Waals surface area contributed by atoms with Crippen molar-refractivity contribution in [3.63, 3.8) is 0 Å². The lowest BCUT2D eigenvalue weighted by molar-refractivity contribution is -0.141. The molecule has 2 aliphatic rings. The number of carbonyl (C=O) groups is 2. The molecule has 13 heteroatoms. The van der Waals surface area contributed by atoms with Gasteiger partial charge >= 0.3 is 6.18 Å². The molecule has 2 aliphatic heterocycles. The van der Waals surface area contributed by atoms with Gasteiger partial charge in [0, 0.05) is 63.4 Å². The summed E-state index contributed by atoms with van der Waals surface area (Å²) in [4.78, 5) is 34.1. The highest BCUT2D eigenvalue weighted by atomic mass is 19.4. The van der Waals surface area contributed by atoms with Crippen LogP contribution < -0.4 is 15.0 Å². The van der Waals surface area contributed by atoms with Gasteiger partial charge in [0.05, 0.1) is 31.6 Å². The van der Waals surface area contributed by atoms with Crippen LogP contribution in [0.1, 0.15) is 5.56 Å². The zero-order valence-electron chi connectivity index (χ0n) is 20.1. The summed E-state index contributed by atoms with van der Waals surface area (Å²) in [6, 6.07) is 5.66. The van der Waals surface area contributed by atoms with Crippen LogP contribution in [0, 0.1) is 0 Å². The van der Waals surface area contributed by atoms with E-state index in [9.17, 15) is 22.8 Å². The van der Waals surface area contributed by atoms with Gasteiger partial charge in [-0.2, -0.15) is 13.2 Å². The van der Waals surface area contributed by atoms with Crippen molar-refractivity contribution in [1.29, 1.82) is 0 Å². The monoisotopic (exact) mass is 510 g/mol. The van der Waals surface area contributed by atoms with Gasteiger partial charge in [-0.3, -0.25) is 9.59 Å². The number of nitrogens with zero attached hydrogens (tertiary/aromatic N) is 5. The van der Waals surface area contributed by atoms with E-state index in [2.05, 4.69) is 32.1 Å². The number of alkyl halides is 3. The predicted molar refractivity (Wildman–Crippen MR) is 126 cm³/mol. The number of nitrogens with one attached hydrogen (secondary N) is 1. The maximum Gasteiger partial charge on any atom is 0.419 e. The lowest BCUT2D eigenvalue weighted by atomic mass is 10.2. The van der Waals surface area contributed by atoms with Gasteiger partial charge in [-0.1, -0.05) is 0 Å². The average molecular weight is 511 g/mol. The third-order valence-corrected chi connectivity index (χ3v) is 5.70. The first-order chi connectivity index (χ1) is 17.2. The van der Waals surface area contributed by atoms with E-state index in [1.807, 2.05) is 18.2 Å². The van der Waals surface area contributed by atoms with Crippen LogP contribution in [-0.2, 0) is 20.5 Å². The van der Waals surface area contributed by atoms with Crippen LogP contribution >= 0.6 is 0 Å². The van der Waals surface area contributed by atoms with Crippen molar-refractivity contribution in [1.82, 2.24) is 19.8 Å². The number of aromatic nitrogens is 2. The van der Waals surface area contributed by atoms with Crippen molar-refractivity contribution >= 4 is 29.5 Å². The number of rotatable bonds is 5. The average Bonchev–Trinajstić information content (AvgIpc) is 2.89. The van der Waals surface area contributed by atoms with Gasteiger partial charge in [0.15, 0.2) is 0 Å². The Morgan fingerprint density at radius 3 is 2.28 bits per heavy atom. The zero-order valence-corrected chi connectivity index (χ0v) is 20.1. The van der Waals surface area contributed by atoms with Crippen LogP contribution in [0.15, 0.2) is 30.6 Å². The molecule has 2 fully saturated rings. The maximum absolute atomic E-state index is 12.6. The predicted octanol–water partition coefficient (Wildman–Crippen LogP) is 2.04. The molecule has 0 radical (unpaired) electrons. The first kappa shape index (κ1) is 27.1. The number of piperazine rings is 1. The second-order valence-electron chi connectivity index (χ2n) is 8.15. The summed E-state index contributed by atoms with van der Waals surface area (Å²) in [5.74, 6) is 0.205. The van der Waals surface area contributed by atoms with Crippen molar-refractivity contribution < 1.29 is 32.2 Å². The summed E-state index contributed by atoms with van der Waals surface area (Å²) in [5, 5.41) is 2.90. The van der Waals surface area contributed by atoms with Gasteiger partial charge in [-0.05, 0) is 19.2 Å². The van der Waals surface area contributed by atoms with Gasteiger partial charge in [0.2, 0.25) is 12.2 Å². The Morgan fingerprint density at radius 1 is 1.08 bits per heavy atom.